The Morgan fingerprint density at radius 1 is 1.28 bits per heavy atom. The first kappa shape index (κ1) is 19.3. The standard InChI is InChI=1S/C20H30N2O3/c1-4-5-6-7-12-21-19(23)14-25-20(24)11-8-17-13-15(2)22(16(17)3)18-9-10-18/h8,11,13,18H,4-7,9-10,12,14H2,1-3H3,(H,21,23)/b11-8+. The van der Waals surface area contributed by atoms with E-state index in [1.54, 1.807) is 6.08 Å². The maximum atomic E-state index is 11.8. The Balaban J connectivity index is 1.72. The number of aromatic nitrogens is 1. The lowest BCUT2D eigenvalue weighted by Crippen LogP contribution is -2.29. The van der Waals surface area contributed by atoms with Gasteiger partial charge in [0.15, 0.2) is 6.61 Å². The molecule has 1 fully saturated rings. The van der Waals surface area contributed by atoms with Gasteiger partial charge in [0.2, 0.25) is 0 Å². The molecule has 1 amide bonds. The lowest BCUT2D eigenvalue weighted by atomic mass is 10.2. The number of hydrogen-bond acceptors (Lipinski definition) is 3. The molecule has 0 radical (unpaired) electrons. The van der Waals surface area contributed by atoms with Crippen molar-refractivity contribution < 1.29 is 14.3 Å². The number of carbonyl (C=O) groups is 2. The predicted molar refractivity (Wildman–Crippen MR) is 99.3 cm³/mol. The number of nitrogens with zero attached hydrogens (tertiary/aromatic N) is 1. The zero-order valence-electron chi connectivity index (χ0n) is 15.6. The monoisotopic (exact) mass is 346 g/mol. The fraction of sp³-hybridized carbons (Fsp3) is 0.600. The fourth-order valence-electron chi connectivity index (χ4n) is 3.04. The molecule has 1 saturated carbocycles. The molecule has 1 aromatic heterocycles. The van der Waals surface area contributed by atoms with Crippen LogP contribution in [0.4, 0.5) is 0 Å². The number of unbranched alkanes of at least 4 members (excludes halogenated alkanes) is 3. The van der Waals surface area contributed by atoms with Gasteiger partial charge in [-0.2, -0.15) is 0 Å². The van der Waals surface area contributed by atoms with E-state index in [1.165, 1.54) is 43.1 Å². The molecule has 0 unspecified atom stereocenters. The lowest BCUT2D eigenvalue weighted by Gasteiger charge is -2.06. The van der Waals surface area contributed by atoms with E-state index in [0.29, 0.717) is 12.6 Å². The van der Waals surface area contributed by atoms with Crippen LogP contribution in [0, 0.1) is 13.8 Å². The number of carbonyl (C=O) groups excluding carboxylic acids is 2. The van der Waals surface area contributed by atoms with Crippen molar-refractivity contribution >= 4 is 18.0 Å². The molecule has 0 aromatic carbocycles. The molecule has 25 heavy (non-hydrogen) atoms. The van der Waals surface area contributed by atoms with Gasteiger partial charge in [0.25, 0.3) is 5.91 Å². The third-order valence-corrected chi connectivity index (χ3v) is 4.53. The highest BCUT2D eigenvalue weighted by Crippen LogP contribution is 2.38. The minimum absolute atomic E-state index is 0.224. The van der Waals surface area contributed by atoms with E-state index in [0.717, 1.165) is 18.4 Å². The molecule has 1 heterocycles. The van der Waals surface area contributed by atoms with E-state index in [2.05, 4.69) is 36.7 Å². The smallest absolute Gasteiger partial charge is 0.331 e. The quantitative estimate of drug-likeness (QED) is 0.399. The SMILES string of the molecule is CCCCCCNC(=O)COC(=O)/C=C/c1cc(C)n(C2CC2)c1C. The van der Waals surface area contributed by atoms with Crippen LogP contribution in [-0.4, -0.2) is 29.6 Å². The van der Waals surface area contributed by atoms with Crippen LogP contribution in [-0.2, 0) is 14.3 Å². The van der Waals surface area contributed by atoms with Gasteiger partial charge in [0, 0.05) is 30.1 Å². The topological polar surface area (TPSA) is 60.3 Å². The Morgan fingerprint density at radius 2 is 2.04 bits per heavy atom. The molecule has 0 bridgehead atoms. The summed E-state index contributed by atoms with van der Waals surface area (Å²) in [5.41, 5.74) is 3.42. The summed E-state index contributed by atoms with van der Waals surface area (Å²) >= 11 is 0. The number of amides is 1. The molecule has 0 saturated heterocycles. The molecule has 1 aliphatic carbocycles. The molecular weight excluding hydrogens is 316 g/mol. The summed E-state index contributed by atoms with van der Waals surface area (Å²) in [6.45, 7) is 6.72. The van der Waals surface area contributed by atoms with E-state index in [1.807, 2.05) is 0 Å². The Labute approximate surface area is 150 Å². The van der Waals surface area contributed by atoms with E-state index in [4.69, 9.17) is 4.74 Å². The first-order valence-electron chi connectivity index (χ1n) is 9.33. The van der Waals surface area contributed by atoms with E-state index in [9.17, 15) is 9.59 Å². The maximum Gasteiger partial charge on any atom is 0.331 e. The van der Waals surface area contributed by atoms with E-state index < -0.39 is 5.97 Å². The van der Waals surface area contributed by atoms with Gasteiger partial charge in [-0.3, -0.25) is 4.79 Å². The molecule has 1 aromatic rings. The number of hydrogen-bond donors (Lipinski definition) is 1. The van der Waals surface area contributed by atoms with E-state index >= 15 is 0 Å². The van der Waals surface area contributed by atoms with E-state index in [-0.39, 0.29) is 12.5 Å². The molecule has 5 heteroatoms. The van der Waals surface area contributed by atoms with Crippen LogP contribution in [0.5, 0.6) is 0 Å². The average Bonchev–Trinajstić information content (AvgIpc) is 3.37. The summed E-state index contributed by atoms with van der Waals surface area (Å²) in [7, 11) is 0. The van der Waals surface area contributed by atoms with Gasteiger partial charge in [-0.15, -0.1) is 0 Å². The second-order valence-electron chi connectivity index (χ2n) is 6.78. The van der Waals surface area contributed by atoms with Gasteiger partial charge in [-0.1, -0.05) is 26.2 Å². The Hall–Kier alpha value is -2.04. The van der Waals surface area contributed by atoms with Crippen LogP contribution in [0.3, 0.4) is 0 Å². The second kappa shape index (κ2) is 9.44. The minimum atomic E-state index is -0.489. The summed E-state index contributed by atoms with van der Waals surface area (Å²) in [5, 5.41) is 2.77. The van der Waals surface area contributed by atoms with Gasteiger partial charge in [0.1, 0.15) is 0 Å². The highest BCUT2D eigenvalue weighted by Gasteiger charge is 2.26. The second-order valence-corrected chi connectivity index (χ2v) is 6.78. The van der Waals surface area contributed by atoms with Gasteiger partial charge in [-0.25, -0.2) is 4.79 Å². The maximum absolute atomic E-state index is 11.8. The molecule has 1 aliphatic rings. The predicted octanol–water partition coefficient (Wildman–Crippen LogP) is 3.69. The van der Waals surface area contributed by atoms with Gasteiger partial charge < -0.3 is 14.6 Å². The number of esters is 1. The van der Waals surface area contributed by atoms with Gasteiger partial charge in [-0.05, 0) is 50.8 Å². The number of aryl methyl sites for hydroxylation is 1. The van der Waals surface area contributed by atoms with Crippen LogP contribution in [0.25, 0.3) is 6.08 Å². The summed E-state index contributed by atoms with van der Waals surface area (Å²) in [6, 6.07) is 2.70. The third-order valence-electron chi connectivity index (χ3n) is 4.53. The summed E-state index contributed by atoms with van der Waals surface area (Å²) in [6.07, 6.45) is 10.0. The first-order valence-corrected chi connectivity index (χ1v) is 9.33. The molecule has 5 nitrogen and oxygen atoms in total. The van der Waals surface area contributed by atoms with Crippen LogP contribution in [0.1, 0.15) is 68.4 Å². The first-order chi connectivity index (χ1) is 12.0. The van der Waals surface area contributed by atoms with Crippen molar-refractivity contribution in [1.82, 2.24) is 9.88 Å². The Kier molecular flexibility index (Phi) is 7.29. The fourth-order valence-corrected chi connectivity index (χ4v) is 3.04. The van der Waals surface area contributed by atoms with Crippen molar-refractivity contribution in [3.8, 4) is 0 Å². The highest BCUT2D eigenvalue weighted by atomic mass is 16.5. The number of rotatable bonds is 10. The van der Waals surface area contributed by atoms with Crippen molar-refractivity contribution in [2.75, 3.05) is 13.2 Å². The highest BCUT2D eigenvalue weighted by molar-refractivity contribution is 5.89. The number of nitrogens with one attached hydrogen (secondary N) is 1. The molecular formula is C20H30N2O3. The molecule has 0 aliphatic heterocycles. The third kappa shape index (κ3) is 6.07. The summed E-state index contributed by atoms with van der Waals surface area (Å²) in [4.78, 5) is 23.4. The van der Waals surface area contributed by atoms with Gasteiger partial charge in [0.05, 0.1) is 0 Å². The molecule has 138 valence electrons. The van der Waals surface area contributed by atoms with Crippen LogP contribution in [0.2, 0.25) is 0 Å². The van der Waals surface area contributed by atoms with Gasteiger partial charge >= 0.3 is 5.97 Å². The molecule has 2 rings (SSSR count). The van der Waals surface area contributed by atoms with Crippen LogP contribution < -0.4 is 5.32 Å². The number of ether oxygens (including phenoxy) is 1. The van der Waals surface area contributed by atoms with Crippen LogP contribution >= 0.6 is 0 Å². The Bertz CT molecular complexity index is 627. The van der Waals surface area contributed by atoms with Crippen molar-refractivity contribution in [2.24, 2.45) is 0 Å². The Morgan fingerprint density at radius 3 is 2.72 bits per heavy atom. The average molecular weight is 346 g/mol. The summed E-state index contributed by atoms with van der Waals surface area (Å²) in [5.74, 6) is -0.734. The van der Waals surface area contributed by atoms with Crippen LogP contribution in [0.15, 0.2) is 12.1 Å². The molecule has 0 spiro atoms. The van der Waals surface area contributed by atoms with Crippen molar-refractivity contribution in [3.63, 3.8) is 0 Å². The zero-order valence-corrected chi connectivity index (χ0v) is 15.6. The molecule has 0 atom stereocenters. The van der Waals surface area contributed by atoms with Crippen molar-refractivity contribution in [2.45, 2.75) is 65.3 Å². The van der Waals surface area contributed by atoms with Crippen molar-refractivity contribution in [1.29, 1.82) is 0 Å². The normalized spacial score (nSPS) is 14.0. The largest absolute Gasteiger partial charge is 0.452 e. The summed E-state index contributed by atoms with van der Waals surface area (Å²) < 4.78 is 7.33. The lowest BCUT2D eigenvalue weighted by molar-refractivity contribution is -0.143. The minimum Gasteiger partial charge on any atom is -0.452 e. The molecule has 1 N–H and O–H groups in total. The van der Waals surface area contributed by atoms with Crippen molar-refractivity contribution in [3.05, 3.63) is 29.1 Å². The zero-order chi connectivity index (χ0) is 18.2.